The lowest BCUT2D eigenvalue weighted by Gasteiger charge is -2.14. The number of nitrogens with two attached hydrogens (primary N) is 1. The van der Waals surface area contributed by atoms with Gasteiger partial charge in [-0.2, -0.15) is 4.98 Å². The van der Waals surface area contributed by atoms with Gasteiger partial charge >= 0.3 is 0 Å². The zero-order valence-electron chi connectivity index (χ0n) is 15.4. The molecule has 0 radical (unpaired) electrons. The van der Waals surface area contributed by atoms with Gasteiger partial charge < -0.3 is 10.3 Å². The molecule has 2 N–H and O–H groups in total. The highest BCUT2D eigenvalue weighted by Gasteiger charge is 2.31. The van der Waals surface area contributed by atoms with Crippen molar-refractivity contribution in [3.8, 4) is 0 Å². The predicted molar refractivity (Wildman–Crippen MR) is 108 cm³/mol. The summed E-state index contributed by atoms with van der Waals surface area (Å²) in [5.41, 5.74) is 10.1. The maximum atomic E-state index is 6.37. The number of hydrogen-bond donors (Lipinski definition) is 1. The lowest BCUT2D eigenvalue weighted by molar-refractivity contribution is 0.304. The molecular weight excluding hydrogens is 360 g/mol. The average Bonchev–Trinajstić information content (AvgIpc) is 3.24. The van der Waals surface area contributed by atoms with Gasteiger partial charge in [-0.25, -0.2) is 0 Å². The van der Waals surface area contributed by atoms with Crippen LogP contribution in [0.4, 0.5) is 0 Å². The highest BCUT2D eigenvalue weighted by molar-refractivity contribution is 5.85. The van der Waals surface area contributed by atoms with Crippen molar-refractivity contribution in [3.63, 3.8) is 0 Å². The minimum absolute atomic E-state index is 0. The van der Waals surface area contributed by atoms with Crippen molar-refractivity contribution in [1.29, 1.82) is 0 Å². The Morgan fingerprint density at radius 1 is 1.07 bits per heavy atom. The SMILES string of the molecule is Cc1ccccc1Cc1nc(CN2C[C@@H](N)[C@H](c3ccccc3)C2)no1.Cl. The fourth-order valence-corrected chi connectivity index (χ4v) is 3.69. The van der Waals surface area contributed by atoms with Crippen LogP contribution in [0.15, 0.2) is 59.1 Å². The molecule has 1 fully saturated rings. The van der Waals surface area contributed by atoms with Crippen molar-refractivity contribution >= 4 is 12.4 Å². The van der Waals surface area contributed by atoms with Gasteiger partial charge in [0.05, 0.1) is 13.0 Å². The highest BCUT2D eigenvalue weighted by atomic mass is 35.5. The quantitative estimate of drug-likeness (QED) is 0.730. The average molecular weight is 385 g/mol. The van der Waals surface area contributed by atoms with E-state index in [2.05, 4.69) is 58.4 Å². The molecule has 0 spiro atoms. The summed E-state index contributed by atoms with van der Waals surface area (Å²) in [6.07, 6.45) is 0.672. The molecule has 2 heterocycles. The molecule has 1 aromatic heterocycles. The van der Waals surface area contributed by atoms with Crippen LogP contribution in [0.25, 0.3) is 0 Å². The normalized spacial score (nSPS) is 19.8. The topological polar surface area (TPSA) is 68.2 Å². The van der Waals surface area contributed by atoms with Crippen LogP contribution in [0.3, 0.4) is 0 Å². The second-order valence-electron chi connectivity index (χ2n) is 7.08. The van der Waals surface area contributed by atoms with Crippen LogP contribution in [0, 0.1) is 6.92 Å². The smallest absolute Gasteiger partial charge is 0.231 e. The van der Waals surface area contributed by atoms with E-state index in [1.807, 2.05) is 18.2 Å². The van der Waals surface area contributed by atoms with Crippen molar-refractivity contribution < 1.29 is 4.52 Å². The fourth-order valence-electron chi connectivity index (χ4n) is 3.69. The summed E-state index contributed by atoms with van der Waals surface area (Å²) in [5, 5.41) is 4.16. The lowest BCUT2D eigenvalue weighted by Crippen LogP contribution is -2.28. The molecular formula is C21H25ClN4O. The van der Waals surface area contributed by atoms with Gasteiger partial charge in [0.2, 0.25) is 5.89 Å². The van der Waals surface area contributed by atoms with Crippen LogP contribution < -0.4 is 5.73 Å². The maximum Gasteiger partial charge on any atom is 0.231 e. The van der Waals surface area contributed by atoms with Crippen molar-refractivity contribution in [2.24, 2.45) is 5.73 Å². The molecule has 1 saturated heterocycles. The highest BCUT2D eigenvalue weighted by Crippen LogP contribution is 2.27. The molecule has 2 atom stereocenters. The monoisotopic (exact) mass is 384 g/mol. The first-order valence-electron chi connectivity index (χ1n) is 9.08. The van der Waals surface area contributed by atoms with E-state index >= 15 is 0 Å². The number of likely N-dealkylation sites (tertiary alicyclic amines) is 1. The van der Waals surface area contributed by atoms with Crippen LogP contribution in [0.1, 0.15) is 34.3 Å². The van der Waals surface area contributed by atoms with E-state index in [0.717, 1.165) is 18.9 Å². The van der Waals surface area contributed by atoms with Gasteiger partial charge in [0, 0.05) is 25.0 Å². The lowest BCUT2D eigenvalue weighted by atomic mass is 9.95. The first kappa shape index (κ1) is 19.5. The Labute approximate surface area is 166 Å². The second-order valence-corrected chi connectivity index (χ2v) is 7.08. The van der Waals surface area contributed by atoms with E-state index in [-0.39, 0.29) is 18.4 Å². The van der Waals surface area contributed by atoms with Crippen molar-refractivity contribution in [1.82, 2.24) is 15.0 Å². The predicted octanol–water partition coefficient (Wildman–Crippen LogP) is 3.32. The van der Waals surface area contributed by atoms with Gasteiger partial charge in [0.15, 0.2) is 5.82 Å². The van der Waals surface area contributed by atoms with Crippen LogP contribution >= 0.6 is 12.4 Å². The van der Waals surface area contributed by atoms with Crippen molar-refractivity contribution in [3.05, 3.63) is 83.0 Å². The molecule has 4 rings (SSSR count). The van der Waals surface area contributed by atoms with Crippen molar-refractivity contribution in [2.75, 3.05) is 13.1 Å². The molecule has 0 bridgehead atoms. The Bertz CT molecular complexity index is 867. The molecule has 1 aliphatic rings. The van der Waals surface area contributed by atoms with E-state index < -0.39 is 0 Å². The van der Waals surface area contributed by atoms with Gasteiger partial charge in [-0.3, -0.25) is 4.90 Å². The molecule has 1 aliphatic heterocycles. The van der Waals surface area contributed by atoms with Gasteiger partial charge in [0.1, 0.15) is 0 Å². The molecule has 0 amide bonds. The number of benzene rings is 2. The maximum absolute atomic E-state index is 6.37. The van der Waals surface area contributed by atoms with E-state index in [1.165, 1.54) is 16.7 Å². The van der Waals surface area contributed by atoms with E-state index in [0.29, 0.717) is 24.8 Å². The Kier molecular flexibility index (Phi) is 6.26. The van der Waals surface area contributed by atoms with E-state index in [1.54, 1.807) is 0 Å². The summed E-state index contributed by atoms with van der Waals surface area (Å²) in [5.74, 6) is 1.75. The molecule has 0 unspecified atom stereocenters. The molecule has 3 aromatic rings. The third-order valence-electron chi connectivity index (χ3n) is 5.15. The minimum Gasteiger partial charge on any atom is -0.339 e. The number of aryl methyl sites for hydroxylation is 1. The van der Waals surface area contributed by atoms with Gasteiger partial charge in [-0.1, -0.05) is 59.8 Å². The summed E-state index contributed by atoms with van der Waals surface area (Å²) in [7, 11) is 0. The van der Waals surface area contributed by atoms with Gasteiger partial charge in [-0.15, -0.1) is 12.4 Å². The third-order valence-corrected chi connectivity index (χ3v) is 5.15. The molecule has 5 nitrogen and oxygen atoms in total. The number of hydrogen-bond acceptors (Lipinski definition) is 5. The minimum atomic E-state index is 0. The third kappa shape index (κ3) is 4.56. The molecule has 6 heteroatoms. The number of rotatable bonds is 5. The van der Waals surface area contributed by atoms with Crippen LogP contribution in [0.2, 0.25) is 0 Å². The Hall–Kier alpha value is -2.21. The largest absolute Gasteiger partial charge is 0.339 e. The van der Waals surface area contributed by atoms with Crippen LogP contribution in [0.5, 0.6) is 0 Å². The fraction of sp³-hybridized carbons (Fsp3) is 0.333. The Balaban J connectivity index is 0.00000210. The van der Waals surface area contributed by atoms with E-state index in [4.69, 9.17) is 10.3 Å². The standard InChI is InChI=1S/C21H24N4O.ClH/c1-15-7-5-6-10-17(15)11-21-23-20(24-26-21)14-25-12-18(19(22)13-25)16-8-3-2-4-9-16;/h2-10,18-19H,11-14,22H2,1H3;1H/t18-,19+;/m0./s1. The Morgan fingerprint density at radius 3 is 2.59 bits per heavy atom. The van der Waals surface area contributed by atoms with Crippen molar-refractivity contribution in [2.45, 2.75) is 31.8 Å². The van der Waals surface area contributed by atoms with Gasteiger partial charge in [0.25, 0.3) is 0 Å². The summed E-state index contributed by atoms with van der Waals surface area (Å²) in [6.45, 7) is 4.55. The first-order valence-corrected chi connectivity index (χ1v) is 9.08. The molecule has 0 aliphatic carbocycles. The van der Waals surface area contributed by atoms with Gasteiger partial charge in [-0.05, 0) is 23.6 Å². The number of nitrogens with zero attached hydrogens (tertiary/aromatic N) is 3. The molecule has 2 aromatic carbocycles. The van der Waals surface area contributed by atoms with Crippen LogP contribution in [-0.2, 0) is 13.0 Å². The van der Waals surface area contributed by atoms with E-state index in [9.17, 15) is 0 Å². The van der Waals surface area contributed by atoms with Crippen LogP contribution in [-0.4, -0.2) is 34.2 Å². The zero-order chi connectivity index (χ0) is 17.9. The zero-order valence-corrected chi connectivity index (χ0v) is 16.2. The molecule has 0 saturated carbocycles. The molecule has 27 heavy (non-hydrogen) atoms. The first-order chi connectivity index (χ1) is 12.7. The number of halogens is 1. The number of aromatic nitrogens is 2. The summed E-state index contributed by atoms with van der Waals surface area (Å²) < 4.78 is 5.45. The summed E-state index contributed by atoms with van der Waals surface area (Å²) >= 11 is 0. The summed E-state index contributed by atoms with van der Waals surface area (Å²) in [4.78, 5) is 6.88. The summed E-state index contributed by atoms with van der Waals surface area (Å²) in [6, 6.07) is 18.9. The molecule has 142 valence electrons. The second kappa shape index (κ2) is 8.65. The Morgan fingerprint density at radius 2 is 1.81 bits per heavy atom.